The molecule has 1 atom stereocenters. The molecule has 78 valence electrons. The van der Waals surface area contributed by atoms with E-state index >= 15 is 0 Å². The lowest BCUT2D eigenvalue weighted by molar-refractivity contribution is -0.147. The molecule has 6 heteroatoms. The van der Waals surface area contributed by atoms with E-state index in [1.807, 2.05) is 0 Å². The van der Waals surface area contributed by atoms with Gasteiger partial charge in [-0.2, -0.15) is 0 Å². The molecule has 0 aromatic carbocycles. The monoisotopic (exact) mass is 201 g/mol. The lowest BCUT2D eigenvalue weighted by Crippen LogP contribution is -2.41. The standard InChI is InChI=1S/C8H11NO5/c1-2-3-6(10)9-5(8(13)14)4-7(11)12/h2,5H,1,3-4H2,(H,9,10)(H,11,12)(H,13,14). The van der Waals surface area contributed by atoms with Crippen LogP contribution in [-0.4, -0.2) is 34.1 Å². The van der Waals surface area contributed by atoms with Crippen LogP contribution in [0.2, 0.25) is 0 Å². The Hall–Kier alpha value is -1.85. The lowest BCUT2D eigenvalue weighted by Gasteiger charge is -2.10. The predicted molar refractivity (Wildman–Crippen MR) is 46.6 cm³/mol. The first kappa shape index (κ1) is 12.2. The Morgan fingerprint density at radius 2 is 1.93 bits per heavy atom. The topological polar surface area (TPSA) is 104 Å². The average molecular weight is 201 g/mol. The minimum Gasteiger partial charge on any atom is -0.481 e. The summed E-state index contributed by atoms with van der Waals surface area (Å²) < 4.78 is 0. The smallest absolute Gasteiger partial charge is 0.326 e. The average Bonchev–Trinajstić information content (AvgIpc) is 2.02. The number of aliphatic carboxylic acids is 2. The molecule has 0 aromatic heterocycles. The van der Waals surface area contributed by atoms with Gasteiger partial charge < -0.3 is 15.5 Å². The highest BCUT2D eigenvalue weighted by Gasteiger charge is 2.22. The minimum absolute atomic E-state index is 0.0383. The third-order valence-corrected chi connectivity index (χ3v) is 1.34. The number of carbonyl (C=O) groups excluding carboxylic acids is 1. The van der Waals surface area contributed by atoms with Crippen molar-refractivity contribution in [2.75, 3.05) is 0 Å². The van der Waals surface area contributed by atoms with Gasteiger partial charge in [0.25, 0.3) is 0 Å². The van der Waals surface area contributed by atoms with Gasteiger partial charge in [0.05, 0.1) is 6.42 Å². The minimum atomic E-state index is -1.39. The fraction of sp³-hybridized carbons (Fsp3) is 0.375. The van der Waals surface area contributed by atoms with Crippen molar-refractivity contribution in [1.29, 1.82) is 0 Å². The van der Waals surface area contributed by atoms with Crippen LogP contribution in [0.3, 0.4) is 0 Å². The molecule has 0 aliphatic carbocycles. The van der Waals surface area contributed by atoms with E-state index < -0.39 is 30.3 Å². The van der Waals surface area contributed by atoms with Crippen LogP contribution in [0, 0.1) is 0 Å². The Balaban J connectivity index is 4.22. The number of nitrogens with one attached hydrogen (secondary N) is 1. The molecule has 0 saturated heterocycles. The maximum atomic E-state index is 10.9. The van der Waals surface area contributed by atoms with Gasteiger partial charge in [0, 0.05) is 6.42 Å². The Labute approximate surface area is 80.2 Å². The maximum absolute atomic E-state index is 10.9. The molecular weight excluding hydrogens is 190 g/mol. The molecule has 0 rings (SSSR count). The third kappa shape index (κ3) is 4.91. The van der Waals surface area contributed by atoms with E-state index in [4.69, 9.17) is 10.2 Å². The SMILES string of the molecule is C=CCC(=O)NC(CC(=O)O)C(=O)O. The third-order valence-electron chi connectivity index (χ3n) is 1.34. The summed E-state index contributed by atoms with van der Waals surface area (Å²) in [5.41, 5.74) is 0. The van der Waals surface area contributed by atoms with Gasteiger partial charge in [0.15, 0.2) is 0 Å². The fourth-order valence-electron chi connectivity index (χ4n) is 0.759. The molecule has 0 aromatic rings. The molecular formula is C8H11NO5. The fourth-order valence-corrected chi connectivity index (χ4v) is 0.759. The number of carbonyl (C=O) groups is 3. The van der Waals surface area contributed by atoms with Gasteiger partial charge in [-0.3, -0.25) is 9.59 Å². The van der Waals surface area contributed by atoms with E-state index in [0.717, 1.165) is 0 Å². The summed E-state index contributed by atoms with van der Waals surface area (Å²) >= 11 is 0. The van der Waals surface area contributed by atoms with Crippen molar-refractivity contribution in [1.82, 2.24) is 5.32 Å². The number of hydrogen-bond donors (Lipinski definition) is 3. The number of amides is 1. The molecule has 0 radical (unpaired) electrons. The second-order valence-corrected chi connectivity index (χ2v) is 2.55. The first-order valence-corrected chi connectivity index (χ1v) is 3.82. The van der Waals surface area contributed by atoms with Crippen molar-refractivity contribution < 1.29 is 24.6 Å². The maximum Gasteiger partial charge on any atom is 0.326 e. The van der Waals surface area contributed by atoms with Gasteiger partial charge in [0.1, 0.15) is 6.04 Å². The highest BCUT2D eigenvalue weighted by Crippen LogP contribution is 1.94. The highest BCUT2D eigenvalue weighted by atomic mass is 16.4. The summed E-state index contributed by atoms with van der Waals surface area (Å²) in [6.45, 7) is 3.29. The van der Waals surface area contributed by atoms with Gasteiger partial charge >= 0.3 is 11.9 Å². The molecule has 1 amide bonds. The summed E-state index contributed by atoms with van der Waals surface area (Å²) in [6, 6.07) is -1.39. The molecule has 0 fully saturated rings. The molecule has 6 nitrogen and oxygen atoms in total. The van der Waals surface area contributed by atoms with Crippen LogP contribution < -0.4 is 5.32 Å². The molecule has 0 bridgehead atoms. The Morgan fingerprint density at radius 1 is 1.36 bits per heavy atom. The molecule has 3 N–H and O–H groups in total. The summed E-state index contributed by atoms with van der Waals surface area (Å²) in [5, 5.41) is 18.9. The van der Waals surface area contributed by atoms with Crippen LogP contribution in [-0.2, 0) is 14.4 Å². The lowest BCUT2D eigenvalue weighted by atomic mass is 10.2. The molecule has 0 saturated carbocycles. The van der Waals surface area contributed by atoms with Gasteiger partial charge in [-0.25, -0.2) is 4.79 Å². The van der Waals surface area contributed by atoms with E-state index in [-0.39, 0.29) is 6.42 Å². The van der Waals surface area contributed by atoms with E-state index in [1.54, 1.807) is 0 Å². The largest absolute Gasteiger partial charge is 0.481 e. The van der Waals surface area contributed by atoms with Gasteiger partial charge in [-0.1, -0.05) is 6.08 Å². The first-order chi connectivity index (χ1) is 6.47. The number of carboxylic acid groups (broad SMARTS) is 2. The van der Waals surface area contributed by atoms with Crippen molar-refractivity contribution in [2.24, 2.45) is 0 Å². The van der Waals surface area contributed by atoms with Crippen LogP contribution in [0.5, 0.6) is 0 Å². The summed E-state index contributed by atoms with van der Waals surface area (Å²) in [7, 11) is 0. The Morgan fingerprint density at radius 3 is 2.29 bits per heavy atom. The van der Waals surface area contributed by atoms with Gasteiger partial charge in [-0.15, -0.1) is 6.58 Å². The predicted octanol–water partition coefficient (Wildman–Crippen LogP) is -0.393. The Kier molecular flexibility index (Phi) is 4.98. The van der Waals surface area contributed by atoms with Crippen molar-refractivity contribution in [2.45, 2.75) is 18.9 Å². The number of hydrogen-bond acceptors (Lipinski definition) is 3. The van der Waals surface area contributed by atoms with E-state index in [1.165, 1.54) is 6.08 Å². The summed E-state index contributed by atoms with van der Waals surface area (Å²) in [5.74, 6) is -3.21. The summed E-state index contributed by atoms with van der Waals surface area (Å²) in [6.07, 6.45) is 0.622. The van der Waals surface area contributed by atoms with Crippen molar-refractivity contribution in [3.05, 3.63) is 12.7 Å². The number of carboxylic acids is 2. The van der Waals surface area contributed by atoms with Crippen molar-refractivity contribution >= 4 is 17.8 Å². The second kappa shape index (κ2) is 5.74. The van der Waals surface area contributed by atoms with Crippen molar-refractivity contribution in [3.63, 3.8) is 0 Å². The number of rotatable bonds is 6. The molecule has 14 heavy (non-hydrogen) atoms. The normalized spacial score (nSPS) is 11.4. The quantitative estimate of drug-likeness (QED) is 0.507. The Bertz CT molecular complexity index is 260. The van der Waals surface area contributed by atoms with Crippen LogP contribution in [0.4, 0.5) is 0 Å². The van der Waals surface area contributed by atoms with Crippen LogP contribution in [0.1, 0.15) is 12.8 Å². The summed E-state index contributed by atoms with van der Waals surface area (Å²) in [4.78, 5) is 31.6. The van der Waals surface area contributed by atoms with Crippen LogP contribution in [0.25, 0.3) is 0 Å². The molecule has 0 heterocycles. The molecule has 1 unspecified atom stereocenters. The molecule has 0 aliphatic rings. The second-order valence-electron chi connectivity index (χ2n) is 2.55. The molecule has 0 aliphatic heterocycles. The van der Waals surface area contributed by atoms with E-state index in [9.17, 15) is 14.4 Å². The van der Waals surface area contributed by atoms with Crippen molar-refractivity contribution in [3.8, 4) is 0 Å². The zero-order chi connectivity index (χ0) is 11.1. The van der Waals surface area contributed by atoms with Gasteiger partial charge in [-0.05, 0) is 0 Å². The zero-order valence-corrected chi connectivity index (χ0v) is 7.40. The van der Waals surface area contributed by atoms with Crippen LogP contribution in [0.15, 0.2) is 12.7 Å². The first-order valence-electron chi connectivity index (χ1n) is 3.82. The van der Waals surface area contributed by atoms with Gasteiger partial charge in [0.2, 0.25) is 5.91 Å². The van der Waals surface area contributed by atoms with Crippen LogP contribution >= 0.6 is 0 Å². The molecule has 0 spiro atoms. The zero-order valence-electron chi connectivity index (χ0n) is 7.40. The van der Waals surface area contributed by atoms with E-state index in [2.05, 4.69) is 11.9 Å². The van der Waals surface area contributed by atoms with E-state index in [0.29, 0.717) is 0 Å². The highest BCUT2D eigenvalue weighted by molar-refractivity contribution is 5.87.